The van der Waals surface area contributed by atoms with E-state index in [1.54, 1.807) is 48.5 Å². The zero-order chi connectivity index (χ0) is 32.3. The molecule has 11 nitrogen and oxygen atoms in total. The number of nitrogens with two attached hydrogens (primary N) is 1. The van der Waals surface area contributed by atoms with Crippen LogP contribution in [0.1, 0.15) is 60.9 Å². The first-order valence-corrected chi connectivity index (χ1v) is 16.7. The lowest BCUT2D eigenvalue weighted by Crippen LogP contribution is -2.35. The number of benzene rings is 3. The summed E-state index contributed by atoms with van der Waals surface area (Å²) in [6, 6.07) is 21.6. The summed E-state index contributed by atoms with van der Waals surface area (Å²) in [5, 5.41) is 23.7. The highest BCUT2D eigenvalue weighted by atomic mass is 32.2. The number of carbonyl (C=O) groups excluding carboxylic acids is 2. The fourth-order valence-electron chi connectivity index (χ4n) is 5.33. The van der Waals surface area contributed by atoms with Gasteiger partial charge in [0, 0.05) is 24.8 Å². The second-order valence-electron chi connectivity index (χ2n) is 11.2. The van der Waals surface area contributed by atoms with Crippen LogP contribution >= 0.6 is 0 Å². The molecule has 45 heavy (non-hydrogen) atoms. The van der Waals surface area contributed by atoms with E-state index in [1.807, 2.05) is 24.3 Å². The van der Waals surface area contributed by atoms with E-state index in [4.69, 9.17) is 20.3 Å². The molecule has 1 aliphatic carbocycles. The Morgan fingerprint density at radius 2 is 1.64 bits per heavy atom. The summed E-state index contributed by atoms with van der Waals surface area (Å²) in [6.45, 7) is -0.467. The summed E-state index contributed by atoms with van der Waals surface area (Å²) in [7, 11) is -3.89. The van der Waals surface area contributed by atoms with Crippen LogP contribution in [0.25, 0.3) is 11.1 Å². The lowest BCUT2D eigenvalue weighted by Gasteiger charge is -2.28. The van der Waals surface area contributed by atoms with E-state index >= 15 is 0 Å². The van der Waals surface area contributed by atoms with E-state index in [9.17, 15) is 23.1 Å². The molecule has 0 unspecified atom stereocenters. The van der Waals surface area contributed by atoms with Gasteiger partial charge in [0.05, 0.1) is 17.9 Å². The maximum Gasteiger partial charge on any atom is 0.404 e. The number of carbonyl (C=O) groups is 2. The summed E-state index contributed by atoms with van der Waals surface area (Å²) in [4.78, 5) is 24.2. The third-order valence-corrected chi connectivity index (χ3v) is 9.11. The lowest BCUT2D eigenvalue weighted by molar-refractivity contribution is -0.0386. The zero-order valence-electron chi connectivity index (χ0n) is 25.1. The van der Waals surface area contributed by atoms with Crippen molar-refractivity contribution in [3.05, 3.63) is 83.9 Å². The summed E-state index contributed by atoms with van der Waals surface area (Å²) in [6.07, 6.45) is 4.44. The van der Waals surface area contributed by atoms with Gasteiger partial charge in [-0.3, -0.25) is 4.79 Å². The number of nitrogens with one attached hydrogen (secondary N) is 2. The van der Waals surface area contributed by atoms with E-state index in [1.165, 1.54) is 0 Å². The molecule has 0 aromatic heterocycles. The van der Waals surface area contributed by atoms with Gasteiger partial charge < -0.3 is 30.7 Å². The molecule has 12 heteroatoms. The standard InChI is InChI=1S/C33H41N3O8S/c34-32(39)44-23-33(40,26-8-3-1-4-9-26)18-20-43-28-15-12-24(13-16-28)25-14-17-29(31(38)36-45(41,42)21-7-19-37)30(22-25)35-27-10-5-2-6-11-27/h1,3-4,8-9,12-17,22,27,35,37,40H,2,5-7,10-11,18-21,23H2,(H2,34,39)(H,36,38)/t33-/m0/s1. The summed E-state index contributed by atoms with van der Waals surface area (Å²) in [5.41, 5.74) is 6.66. The van der Waals surface area contributed by atoms with Crippen molar-refractivity contribution < 1.29 is 37.7 Å². The number of aliphatic hydroxyl groups is 2. The van der Waals surface area contributed by atoms with Crippen molar-refractivity contribution in [3.63, 3.8) is 0 Å². The smallest absolute Gasteiger partial charge is 0.404 e. The molecule has 3 aromatic rings. The second-order valence-corrected chi connectivity index (χ2v) is 13.0. The van der Waals surface area contributed by atoms with Crippen LogP contribution in [0.5, 0.6) is 5.75 Å². The average Bonchev–Trinajstić information content (AvgIpc) is 3.04. The Morgan fingerprint density at radius 1 is 0.956 bits per heavy atom. The van der Waals surface area contributed by atoms with E-state index in [0.29, 0.717) is 17.0 Å². The molecule has 1 fully saturated rings. The number of hydrogen-bond acceptors (Lipinski definition) is 9. The molecule has 1 aliphatic rings. The van der Waals surface area contributed by atoms with Crippen molar-refractivity contribution in [1.82, 2.24) is 4.72 Å². The van der Waals surface area contributed by atoms with Crippen molar-refractivity contribution in [2.75, 3.05) is 30.9 Å². The molecule has 0 aliphatic heterocycles. The Kier molecular flexibility index (Phi) is 11.8. The number of sulfonamides is 1. The van der Waals surface area contributed by atoms with Crippen molar-refractivity contribution in [1.29, 1.82) is 0 Å². The van der Waals surface area contributed by atoms with Crippen LogP contribution in [0, 0.1) is 0 Å². The number of amides is 2. The fraction of sp³-hybridized carbons (Fsp3) is 0.394. The minimum Gasteiger partial charge on any atom is -0.493 e. The third kappa shape index (κ3) is 9.93. The predicted octanol–water partition coefficient (Wildman–Crippen LogP) is 4.29. The molecule has 0 radical (unpaired) electrons. The molecule has 1 atom stereocenters. The first-order valence-electron chi connectivity index (χ1n) is 15.1. The highest BCUT2D eigenvalue weighted by Gasteiger charge is 2.31. The molecule has 0 saturated heterocycles. The minimum absolute atomic E-state index is 0.0338. The van der Waals surface area contributed by atoms with Crippen molar-refractivity contribution in [2.45, 2.75) is 56.6 Å². The van der Waals surface area contributed by atoms with E-state index in [-0.39, 0.29) is 50.0 Å². The molecule has 242 valence electrons. The zero-order valence-corrected chi connectivity index (χ0v) is 25.9. The van der Waals surface area contributed by atoms with Gasteiger partial charge in [-0.15, -0.1) is 0 Å². The van der Waals surface area contributed by atoms with Gasteiger partial charge >= 0.3 is 6.09 Å². The fourth-order valence-corrected chi connectivity index (χ4v) is 6.33. The van der Waals surface area contributed by atoms with Crippen molar-refractivity contribution in [3.8, 4) is 16.9 Å². The van der Waals surface area contributed by atoms with Crippen LogP contribution in [0.15, 0.2) is 72.8 Å². The van der Waals surface area contributed by atoms with Gasteiger partial charge in [0.2, 0.25) is 10.0 Å². The Bertz CT molecular complexity index is 1530. The molecular formula is C33H41N3O8S. The van der Waals surface area contributed by atoms with Crippen LogP contribution in [0.4, 0.5) is 10.5 Å². The minimum atomic E-state index is -3.89. The third-order valence-electron chi connectivity index (χ3n) is 7.78. The number of aliphatic hydroxyl groups excluding tert-OH is 1. The quantitative estimate of drug-likeness (QED) is 0.162. The summed E-state index contributed by atoms with van der Waals surface area (Å²) >= 11 is 0. The van der Waals surface area contributed by atoms with Crippen LogP contribution in [-0.2, 0) is 20.4 Å². The number of hydrogen-bond donors (Lipinski definition) is 5. The van der Waals surface area contributed by atoms with Crippen LogP contribution in [0.2, 0.25) is 0 Å². The largest absolute Gasteiger partial charge is 0.493 e. The van der Waals surface area contributed by atoms with Crippen LogP contribution in [0.3, 0.4) is 0 Å². The molecule has 0 bridgehead atoms. The molecule has 0 spiro atoms. The number of ether oxygens (including phenoxy) is 2. The van der Waals surface area contributed by atoms with Gasteiger partial charge in [0.15, 0.2) is 0 Å². The van der Waals surface area contributed by atoms with E-state index in [0.717, 1.165) is 43.2 Å². The maximum absolute atomic E-state index is 13.1. The SMILES string of the molecule is NC(=O)OC[C@@](O)(CCOc1ccc(-c2ccc(C(=O)NS(=O)(=O)CCCO)c(NC3CCCCC3)c2)cc1)c1ccccc1. The Balaban J connectivity index is 1.47. The Hall–Kier alpha value is -4.13. The molecule has 4 rings (SSSR count). The van der Waals surface area contributed by atoms with Gasteiger partial charge in [-0.05, 0) is 60.2 Å². The predicted molar refractivity (Wildman–Crippen MR) is 171 cm³/mol. The van der Waals surface area contributed by atoms with Gasteiger partial charge in [-0.25, -0.2) is 17.9 Å². The topological polar surface area (TPSA) is 177 Å². The van der Waals surface area contributed by atoms with Crippen molar-refractivity contribution in [2.24, 2.45) is 5.73 Å². The molecule has 6 N–H and O–H groups in total. The first-order chi connectivity index (χ1) is 21.6. The molecule has 0 heterocycles. The normalized spacial score (nSPS) is 15.1. The van der Waals surface area contributed by atoms with Crippen molar-refractivity contribution >= 4 is 27.7 Å². The van der Waals surface area contributed by atoms with Gasteiger partial charge in [0.25, 0.3) is 5.91 Å². The van der Waals surface area contributed by atoms with Gasteiger partial charge in [-0.1, -0.05) is 67.8 Å². The number of rotatable bonds is 15. The van der Waals surface area contributed by atoms with E-state index < -0.39 is 27.6 Å². The van der Waals surface area contributed by atoms with Gasteiger partial charge in [0.1, 0.15) is 18.0 Å². The molecular weight excluding hydrogens is 598 g/mol. The van der Waals surface area contributed by atoms with E-state index in [2.05, 4.69) is 10.0 Å². The summed E-state index contributed by atoms with van der Waals surface area (Å²) in [5.74, 6) is -0.507. The number of primary amides is 1. The Labute approximate surface area is 263 Å². The highest BCUT2D eigenvalue weighted by Crippen LogP contribution is 2.31. The van der Waals surface area contributed by atoms with Crippen LogP contribution in [-0.4, -0.2) is 62.2 Å². The maximum atomic E-state index is 13.1. The molecule has 1 saturated carbocycles. The average molecular weight is 640 g/mol. The van der Waals surface area contributed by atoms with Crippen LogP contribution < -0.4 is 20.5 Å². The molecule has 3 aromatic carbocycles. The monoisotopic (exact) mass is 639 g/mol. The first kappa shape index (κ1) is 33.8. The highest BCUT2D eigenvalue weighted by molar-refractivity contribution is 7.90. The number of anilines is 1. The lowest BCUT2D eigenvalue weighted by atomic mass is 9.91. The van der Waals surface area contributed by atoms with Gasteiger partial charge in [-0.2, -0.15) is 0 Å². The second kappa shape index (κ2) is 15.7. The molecule has 2 amide bonds. The summed E-state index contributed by atoms with van der Waals surface area (Å²) < 4.78 is 37.6. The Morgan fingerprint density at radius 3 is 2.31 bits per heavy atom.